The van der Waals surface area contributed by atoms with Crippen LogP contribution in [0.1, 0.15) is 24.0 Å². The quantitative estimate of drug-likeness (QED) is 0.615. The van der Waals surface area contributed by atoms with Gasteiger partial charge in [-0.3, -0.25) is 4.79 Å². The van der Waals surface area contributed by atoms with E-state index >= 15 is 0 Å². The molecule has 1 aromatic rings. The van der Waals surface area contributed by atoms with Crippen molar-refractivity contribution in [1.29, 1.82) is 0 Å². The Bertz CT molecular complexity index is 415. The van der Waals surface area contributed by atoms with Crippen LogP contribution in [0.2, 0.25) is 0 Å². The first-order valence-electron chi connectivity index (χ1n) is 4.69. The SMILES string of the molecule is C#Cc1cccc2c1CCCC(=O)N2. The molecule has 14 heavy (non-hydrogen) atoms. The lowest BCUT2D eigenvalue weighted by atomic mass is 10.0. The summed E-state index contributed by atoms with van der Waals surface area (Å²) in [6.45, 7) is 0. The van der Waals surface area contributed by atoms with Crippen LogP contribution >= 0.6 is 0 Å². The first-order valence-corrected chi connectivity index (χ1v) is 4.69. The van der Waals surface area contributed by atoms with Crippen LogP contribution in [0.4, 0.5) is 5.69 Å². The Hall–Kier alpha value is -1.75. The average molecular weight is 185 g/mol. The molecule has 70 valence electrons. The number of benzene rings is 1. The van der Waals surface area contributed by atoms with E-state index in [4.69, 9.17) is 6.42 Å². The summed E-state index contributed by atoms with van der Waals surface area (Å²) in [6, 6.07) is 5.69. The van der Waals surface area contributed by atoms with Crippen LogP contribution in [0.25, 0.3) is 0 Å². The molecular weight excluding hydrogens is 174 g/mol. The van der Waals surface area contributed by atoms with Gasteiger partial charge in [-0.1, -0.05) is 12.0 Å². The van der Waals surface area contributed by atoms with Gasteiger partial charge in [0.05, 0.1) is 0 Å². The third-order valence-corrected chi connectivity index (χ3v) is 2.44. The van der Waals surface area contributed by atoms with E-state index in [1.54, 1.807) is 0 Å². The number of fused-ring (bicyclic) bond motifs is 1. The van der Waals surface area contributed by atoms with Crippen LogP contribution in [-0.4, -0.2) is 5.91 Å². The van der Waals surface area contributed by atoms with Gasteiger partial charge in [-0.05, 0) is 30.5 Å². The fourth-order valence-electron chi connectivity index (χ4n) is 1.75. The number of amides is 1. The van der Waals surface area contributed by atoms with E-state index in [0.717, 1.165) is 29.7 Å². The van der Waals surface area contributed by atoms with Crippen molar-refractivity contribution in [2.24, 2.45) is 0 Å². The highest BCUT2D eigenvalue weighted by Crippen LogP contribution is 2.24. The van der Waals surface area contributed by atoms with Gasteiger partial charge in [0, 0.05) is 17.7 Å². The van der Waals surface area contributed by atoms with Crippen molar-refractivity contribution in [2.45, 2.75) is 19.3 Å². The van der Waals surface area contributed by atoms with E-state index in [-0.39, 0.29) is 5.91 Å². The highest BCUT2D eigenvalue weighted by Gasteiger charge is 2.14. The van der Waals surface area contributed by atoms with Gasteiger partial charge >= 0.3 is 0 Å². The van der Waals surface area contributed by atoms with Crippen molar-refractivity contribution in [1.82, 2.24) is 0 Å². The second-order valence-electron chi connectivity index (χ2n) is 3.38. The zero-order chi connectivity index (χ0) is 9.97. The van der Waals surface area contributed by atoms with Gasteiger partial charge in [-0.15, -0.1) is 6.42 Å². The van der Waals surface area contributed by atoms with Crippen LogP contribution in [0.5, 0.6) is 0 Å². The fourth-order valence-corrected chi connectivity index (χ4v) is 1.75. The maximum Gasteiger partial charge on any atom is 0.224 e. The normalized spacial score (nSPS) is 14.9. The van der Waals surface area contributed by atoms with Crippen LogP contribution in [0.3, 0.4) is 0 Å². The van der Waals surface area contributed by atoms with E-state index in [1.807, 2.05) is 18.2 Å². The molecule has 0 atom stereocenters. The number of hydrogen-bond donors (Lipinski definition) is 1. The Balaban J connectivity index is 2.50. The molecule has 0 bridgehead atoms. The second kappa shape index (κ2) is 3.55. The lowest BCUT2D eigenvalue weighted by molar-refractivity contribution is -0.116. The molecule has 1 amide bonds. The molecule has 0 spiro atoms. The minimum absolute atomic E-state index is 0.0814. The minimum atomic E-state index is 0.0814. The van der Waals surface area contributed by atoms with Gasteiger partial charge in [0.15, 0.2) is 0 Å². The van der Waals surface area contributed by atoms with Crippen LogP contribution in [-0.2, 0) is 11.2 Å². The maximum atomic E-state index is 11.3. The smallest absolute Gasteiger partial charge is 0.224 e. The number of nitrogens with one attached hydrogen (secondary N) is 1. The van der Waals surface area contributed by atoms with Crippen molar-refractivity contribution >= 4 is 11.6 Å². The fraction of sp³-hybridized carbons (Fsp3) is 0.250. The lowest BCUT2D eigenvalue weighted by Crippen LogP contribution is -2.09. The third kappa shape index (κ3) is 1.49. The molecule has 0 radical (unpaired) electrons. The Morgan fingerprint density at radius 2 is 2.21 bits per heavy atom. The zero-order valence-electron chi connectivity index (χ0n) is 7.84. The average Bonchev–Trinajstić information content (AvgIpc) is 2.37. The van der Waals surface area contributed by atoms with E-state index in [2.05, 4.69) is 11.2 Å². The molecule has 2 rings (SSSR count). The topological polar surface area (TPSA) is 29.1 Å². The van der Waals surface area contributed by atoms with Crippen molar-refractivity contribution in [2.75, 3.05) is 5.32 Å². The number of carbonyl (C=O) groups excluding carboxylic acids is 1. The van der Waals surface area contributed by atoms with Gasteiger partial charge in [-0.25, -0.2) is 0 Å². The summed E-state index contributed by atoms with van der Waals surface area (Å²) in [4.78, 5) is 11.3. The Morgan fingerprint density at radius 3 is 3.00 bits per heavy atom. The molecule has 2 heteroatoms. The Kier molecular flexibility index (Phi) is 2.24. The van der Waals surface area contributed by atoms with Gasteiger partial charge < -0.3 is 5.32 Å². The maximum absolute atomic E-state index is 11.3. The molecule has 0 saturated heterocycles. The van der Waals surface area contributed by atoms with E-state index in [1.165, 1.54) is 0 Å². The number of rotatable bonds is 0. The lowest BCUT2D eigenvalue weighted by Gasteiger charge is -2.07. The summed E-state index contributed by atoms with van der Waals surface area (Å²) >= 11 is 0. The molecule has 2 nitrogen and oxygen atoms in total. The van der Waals surface area contributed by atoms with Crippen molar-refractivity contribution in [3.63, 3.8) is 0 Å². The molecular formula is C12H11NO. The summed E-state index contributed by atoms with van der Waals surface area (Å²) in [5, 5.41) is 2.86. The molecule has 1 aliphatic heterocycles. The highest BCUT2D eigenvalue weighted by atomic mass is 16.1. The summed E-state index contributed by atoms with van der Waals surface area (Å²) in [5.41, 5.74) is 2.87. The molecule has 0 aliphatic carbocycles. The van der Waals surface area contributed by atoms with Crippen molar-refractivity contribution < 1.29 is 4.79 Å². The molecule has 1 aliphatic rings. The first-order chi connectivity index (χ1) is 6.81. The standard InChI is InChI=1S/C12H11NO/c1-2-9-5-3-7-11-10(9)6-4-8-12(14)13-11/h1,3,5,7H,4,6,8H2,(H,13,14). The molecule has 0 saturated carbocycles. The summed E-state index contributed by atoms with van der Waals surface area (Å²) in [7, 11) is 0. The van der Waals surface area contributed by atoms with Gasteiger partial charge in [-0.2, -0.15) is 0 Å². The van der Waals surface area contributed by atoms with Crippen LogP contribution in [0, 0.1) is 12.3 Å². The van der Waals surface area contributed by atoms with Crippen molar-refractivity contribution in [3.8, 4) is 12.3 Å². The monoisotopic (exact) mass is 185 g/mol. The number of carbonyl (C=O) groups is 1. The zero-order valence-corrected chi connectivity index (χ0v) is 7.84. The molecule has 0 unspecified atom stereocenters. The molecule has 1 heterocycles. The van der Waals surface area contributed by atoms with Crippen LogP contribution in [0.15, 0.2) is 18.2 Å². The summed E-state index contributed by atoms with van der Waals surface area (Å²) in [6.07, 6.45) is 7.73. The van der Waals surface area contributed by atoms with E-state index < -0.39 is 0 Å². The Morgan fingerprint density at radius 1 is 1.36 bits per heavy atom. The number of anilines is 1. The van der Waals surface area contributed by atoms with E-state index in [9.17, 15) is 4.79 Å². The Labute approximate surface area is 83.3 Å². The van der Waals surface area contributed by atoms with Gasteiger partial charge in [0.2, 0.25) is 5.91 Å². The second-order valence-corrected chi connectivity index (χ2v) is 3.38. The first kappa shape index (κ1) is 8.83. The van der Waals surface area contributed by atoms with Gasteiger partial charge in [0.1, 0.15) is 0 Å². The number of hydrogen-bond acceptors (Lipinski definition) is 1. The predicted octanol–water partition coefficient (Wildman–Crippen LogP) is 1.94. The third-order valence-electron chi connectivity index (χ3n) is 2.44. The van der Waals surface area contributed by atoms with E-state index in [0.29, 0.717) is 6.42 Å². The molecule has 0 aromatic heterocycles. The highest BCUT2D eigenvalue weighted by molar-refractivity contribution is 5.92. The predicted molar refractivity (Wildman–Crippen MR) is 55.9 cm³/mol. The summed E-state index contributed by atoms with van der Waals surface area (Å²) < 4.78 is 0. The molecule has 1 aromatic carbocycles. The molecule has 1 N–H and O–H groups in total. The molecule has 0 fully saturated rings. The summed E-state index contributed by atoms with van der Waals surface area (Å²) in [5.74, 6) is 2.73. The largest absolute Gasteiger partial charge is 0.326 e. The van der Waals surface area contributed by atoms with Crippen molar-refractivity contribution in [3.05, 3.63) is 29.3 Å². The van der Waals surface area contributed by atoms with Gasteiger partial charge in [0.25, 0.3) is 0 Å². The minimum Gasteiger partial charge on any atom is -0.326 e. The number of terminal acetylenes is 1. The van der Waals surface area contributed by atoms with Crippen LogP contribution < -0.4 is 5.32 Å².